The van der Waals surface area contributed by atoms with Crippen molar-refractivity contribution in [2.24, 2.45) is 17.8 Å². The highest BCUT2D eigenvalue weighted by Crippen LogP contribution is 2.32. The molecule has 1 unspecified atom stereocenters. The number of carbonyl (C=O) groups excluding carboxylic acids is 3. The van der Waals surface area contributed by atoms with Crippen molar-refractivity contribution in [3.8, 4) is 0 Å². The lowest BCUT2D eigenvalue weighted by molar-refractivity contribution is -0.128. The molecule has 0 aromatic carbocycles. The van der Waals surface area contributed by atoms with E-state index in [4.69, 9.17) is 0 Å². The zero-order chi connectivity index (χ0) is 13.5. The average Bonchev–Trinajstić information content (AvgIpc) is 2.36. The van der Waals surface area contributed by atoms with E-state index in [0.717, 1.165) is 38.5 Å². The lowest BCUT2D eigenvalue weighted by atomic mass is 9.78. The molecule has 1 fully saturated rings. The summed E-state index contributed by atoms with van der Waals surface area (Å²) in [5, 5.41) is 2.19. The van der Waals surface area contributed by atoms with E-state index in [0.29, 0.717) is 18.1 Å². The molecule has 1 saturated carbocycles. The predicted molar refractivity (Wildman–Crippen MR) is 68.7 cm³/mol. The van der Waals surface area contributed by atoms with Gasteiger partial charge in [0.05, 0.1) is 0 Å². The molecule has 1 aliphatic carbocycles. The van der Waals surface area contributed by atoms with Gasteiger partial charge in [-0.1, -0.05) is 6.92 Å². The van der Waals surface area contributed by atoms with E-state index in [1.54, 1.807) is 6.92 Å². The summed E-state index contributed by atoms with van der Waals surface area (Å²) in [6.07, 6.45) is 6.44. The molecule has 1 N–H and O–H groups in total. The van der Waals surface area contributed by atoms with Gasteiger partial charge in [-0.05, 0) is 51.4 Å². The topological polar surface area (TPSA) is 63.2 Å². The van der Waals surface area contributed by atoms with E-state index in [1.807, 2.05) is 6.92 Å². The van der Waals surface area contributed by atoms with Crippen LogP contribution in [-0.2, 0) is 14.4 Å². The second kappa shape index (κ2) is 7.29. The molecule has 0 bridgehead atoms. The van der Waals surface area contributed by atoms with E-state index >= 15 is 0 Å². The van der Waals surface area contributed by atoms with Crippen molar-refractivity contribution in [3.63, 3.8) is 0 Å². The van der Waals surface area contributed by atoms with Crippen LogP contribution in [0, 0.1) is 17.8 Å². The highest BCUT2D eigenvalue weighted by Gasteiger charge is 2.24. The molecule has 0 heterocycles. The minimum atomic E-state index is -0.192. The molecular weight excluding hydrogens is 230 g/mol. The smallest absolute Gasteiger partial charge is 0.229 e. The maximum Gasteiger partial charge on any atom is 0.229 e. The van der Waals surface area contributed by atoms with Gasteiger partial charge in [0.1, 0.15) is 5.78 Å². The van der Waals surface area contributed by atoms with Crippen LogP contribution in [0.5, 0.6) is 0 Å². The first-order valence-corrected chi connectivity index (χ1v) is 6.79. The number of carbonyl (C=O) groups is 3. The van der Waals surface area contributed by atoms with Crippen LogP contribution in [0.2, 0.25) is 0 Å². The Morgan fingerprint density at radius 1 is 1.28 bits per heavy atom. The molecule has 0 aliphatic heterocycles. The molecule has 2 amide bonds. The highest BCUT2D eigenvalue weighted by molar-refractivity contribution is 5.87. The molecule has 1 aliphatic rings. The predicted octanol–water partition coefficient (Wildman–Crippen LogP) is 2.07. The third kappa shape index (κ3) is 4.59. The second-order valence-corrected chi connectivity index (χ2v) is 5.43. The maximum absolute atomic E-state index is 11.4. The Bertz CT molecular complexity index is 306. The normalized spacial score (nSPS) is 25.2. The van der Waals surface area contributed by atoms with Crippen LogP contribution < -0.4 is 5.32 Å². The molecule has 0 aromatic heterocycles. The fourth-order valence-electron chi connectivity index (χ4n) is 2.67. The van der Waals surface area contributed by atoms with Crippen molar-refractivity contribution in [1.82, 2.24) is 5.32 Å². The second-order valence-electron chi connectivity index (χ2n) is 5.43. The molecule has 18 heavy (non-hydrogen) atoms. The number of nitrogens with one attached hydrogen (secondary N) is 1. The van der Waals surface area contributed by atoms with Crippen LogP contribution in [0.25, 0.3) is 0 Å². The standard InChI is InChI=1S/C14H23NO3/c1-10(14(18)15-9-16)3-4-12-5-7-13(8-6-12)11(2)17/h9-10,12-13H,3-8H2,1-2H3,(H,15,16,18). The zero-order valence-corrected chi connectivity index (χ0v) is 11.3. The van der Waals surface area contributed by atoms with Gasteiger partial charge in [0.15, 0.2) is 0 Å². The van der Waals surface area contributed by atoms with Crippen molar-refractivity contribution >= 4 is 18.1 Å². The van der Waals surface area contributed by atoms with E-state index in [1.165, 1.54) is 0 Å². The lowest BCUT2D eigenvalue weighted by Gasteiger charge is -2.27. The first-order valence-electron chi connectivity index (χ1n) is 6.79. The van der Waals surface area contributed by atoms with Gasteiger partial charge in [0.25, 0.3) is 0 Å². The van der Waals surface area contributed by atoms with Gasteiger partial charge < -0.3 is 0 Å². The summed E-state index contributed by atoms with van der Waals surface area (Å²) in [7, 11) is 0. The largest absolute Gasteiger partial charge is 0.300 e. The van der Waals surface area contributed by atoms with Gasteiger partial charge in [-0.15, -0.1) is 0 Å². The number of ketones is 1. The summed E-state index contributed by atoms with van der Waals surface area (Å²) < 4.78 is 0. The minimum absolute atomic E-state index is 0.110. The van der Waals surface area contributed by atoms with Crippen LogP contribution in [0.15, 0.2) is 0 Å². The Hall–Kier alpha value is -1.19. The number of Topliss-reactive ketones (excluding diaryl/α,β-unsaturated/α-hetero) is 1. The monoisotopic (exact) mass is 253 g/mol. The molecule has 4 nitrogen and oxygen atoms in total. The van der Waals surface area contributed by atoms with Gasteiger partial charge >= 0.3 is 0 Å². The summed E-state index contributed by atoms with van der Waals surface area (Å²) in [5.74, 6) is 0.902. The van der Waals surface area contributed by atoms with E-state index in [-0.39, 0.29) is 17.7 Å². The number of rotatable bonds is 6. The summed E-state index contributed by atoms with van der Waals surface area (Å²) >= 11 is 0. The summed E-state index contributed by atoms with van der Waals surface area (Å²) in [4.78, 5) is 32.8. The fraction of sp³-hybridized carbons (Fsp3) is 0.786. The van der Waals surface area contributed by atoms with Crippen LogP contribution in [0.3, 0.4) is 0 Å². The lowest BCUT2D eigenvalue weighted by Crippen LogP contribution is -2.28. The van der Waals surface area contributed by atoms with E-state index in [2.05, 4.69) is 5.32 Å². The third-order valence-electron chi connectivity index (χ3n) is 4.08. The summed E-state index contributed by atoms with van der Waals surface area (Å²) in [6.45, 7) is 3.52. The van der Waals surface area contributed by atoms with Crippen LogP contribution in [-0.4, -0.2) is 18.1 Å². The maximum atomic E-state index is 11.4. The molecule has 102 valence electrons. The number of hydrogen-bond acceptors (Lipinski definition) is 3. The average molecular weight is 253 g/mol. The quantitative estimate of drug-likeness (QED) is 0.737. The molecule has 0 spiro atoms. The van der Waals surface area contributed by atoms with Gasteiger partial charge in [-0.25, -0.2) is 0 Å². The Morgan fingerprint density at radius 2 is 1.89 bits per heavy atom. The van der Waals surface area contributed by atoms with Gasteiger partial charge in [0.2, 0.25) is 12.3 Å². The van der Waals surface area contributed by atoms with Gasteiger partial charge in [-0.3, -0.25) is 19.7 Å². The number of amides is 2. The summed E-state index contributed by atoms with van der Waals surface area (Å²) in [6, 6.07) is 0. The molecule has 1 rings (SSSR count). The van der Waals surface area contributed by atoms with Crippen LogP contribution >= 0.6 is 0 Å². The van der Waals surface area contributed by atoms with Crippen molar-refractivity contribution in [1.29, 1.82) is 0 Å². The molecular formula is C14H23NO3. The van der Waals surface area contributed by atoms with Crippen LogP contribution in [0.1, 0.15) is 52.4 Å². The van der Waals surface area contributed by atoms with Crippen molar-refractivity contribution in [2.75, 3.05) is 0 Å². The third-order valence-corrected chi connectivity index (χ3v) is 4.08. The SMILES string of the molecule is CC(=O)C1CCC(CCC(C)C(=O)NC=O)CC1. The number of imide groups is 1. The Kier molecular flexibility index (Phi) is 6.02. The molecule has 0 radical (unpaired) electrons. The first kappa shape index (κ1) is 14.9. The van der Waals surface area contributed by atoms with Crippen molar-refractivity contribution < 1.29 is 14.4 Å². The van der Waals surface area contributed by atoms with Gasteiger partial charge in [0, 0.05) is 11.8 Å². The minimum Gasteiger partial charge on any atom is -0.300 e. The molecule has 1 atom stereocenters. The Balaban J connectivity index is 2.23. The Morgan fingerprint density at radius 3 is 2.39 bits per heavy atom. The van der Waals surface area contributed by atoms with Crippen LogP contribution in [0.4, 0.5) is 0 Å². The zero-order valence-electron chi connectivity index (χ0n) is 11.3. The van der Waals surface area contributed by atoms with Crippen molar-refractivity contribution in [3.05, 3.63) is 0 Å². The molecule has 0 aromatic rings. The number of hydrogen-bond donors (Lipinski definition) is 1. The first-order chi connectivity index (χ1) is 8.54. The fourth-order valence-corrected chi connectivity index (χ4v) is 2.67. The van der Waals surface area contributed by atoms with E-state index in [9.17, 15) is 14.4 Å². The molecule has 4 heteroatoms. The summed E-state index contributed by atoms with van der Waals surface area (Å²) in [5.41, 5.74) is 0. The Labute approximate surface area is 109 Å². The molecule has 0 saturated heterocycles. The van der Waals surface area contributed by atoms with Gasteiger partial charge in [-0.2, -0.15) is 0 Å². The van der Waals surface area contributed by atoms with Crippen molar-refractivity contribution in [2.45, 2.75) is 52.4 Å². The highest BCUT2D eigenvalue weighted by atomic mass is 16.2. The van der Waals surface area contributed by atoms with E-state index < -0.39 is 0 Å².